The zero-order chi connectivity index (χ0) is 14.3. The second kappa shape index (κ2) is 4.52. The predicted octanol–water partition coefficient (Wildman–Crippen LogP) is 2.97. The van der Waals surface area contributed by atoms with Crippen LogP contribution in [0.15, 0.2) is 36.4 Å². The van der Waals surface area contributed by atoms with Gasteiger partial charge in [0.15, 0.2) is 0 Å². The van der Waals surface area contributed by atoms with Gasteiger partial charge in [-0.2, -0.15) is 0 Å². The van der Waals surface area contributed by atoms with Crippen molar-refractivity contribution in [2.75, 3.05) is 12.8 Å². The molecular weight excluding hydrogens is 257 g/mol. The number of methoxy groups -OCH3 is 1. The Labute approximate surface area is 115 Å². The SMILES string of the molecule is COc1ccc(-c2nc3cc(F)ccc3n2C)cc1N. The molecule has 3 aromatic rings. The highest BCUT2D eigenvalue weighted by Gasteiger charge is 2.11. The fourth-order valence-electron chi connectivity index (χ4n) is 2.30. The van der Waals surface area contributed by atoms with Crippen molar-refractivity contribution in [3.05, 3.63) is 42.2 Å². The molecule has 0 spiro atoms. The second-order valence-electron chi connectivity index (χ2n) is 4.58. The zero-order valence-electron chi connectivity index (χ0n) is 11.2. The van der Waals surface area contributed by atoms with Crippen LogP contribution in [0.3, 0.4) is 0 Å². The third-order valence-corrected chi connectivity index (χ3v) is 3.33. The van der Waals surface area contributed by atoms with Crippen molar-refractivity contribution in [3.8, 4) is 17.1 Å². The van der Waals surface area contributed by atoms with Gasteiger partial charge < -0.3 is 15.0 Å². The molecule has 2 aromatic carbocycles. The fraction of sp³-hybridized carbons (Fsp3) is 0.133. The summed E-state index contributed by atoms with van der Waals surface area (Å²) >= 11 is 0. The Bertz CT molecular complexity index is 795. The topological polar surface area (TPSA) is 53.1 Å². The maximum Gasteiger partial charge on any atom is 0.141 e. The van der Waals surface area contributed by atoms with Gasteiger partial charge in [-0.15, -0.1) is 0 Å². The molecule has 1 heterocycles. The largest absolute Gasteiger partial charge is 0.495 e. The van der Waals surface area contributed by atoms with E-state index in [1.165, 1.54) is 12.1 Å². The van der Waals surface area contributed by atoms with Crippen LogP contribution in [-0.4, -0.2) is 16.7 Å². The zero-order valence-corrected chi connectivity index (χ0v) is 11.2. The van der Waals surface area contributed by atoms with Crippen molar-refractivity contribution in [2.45, 2.75) is 0 Å². The number of ether oxygens (including phenoxy) is 1. The van der Waals surface area contributed by atoms with Crippen LogP contribution in [0.25, 0.3) is 22.4 Å². The molecule has 0 radical (unpaired) electrons. The number of nitrogens with zero attached hydrogens (tertiary/aromatic N) is 2. The summed E-state index contributed by atoms with van der Waals surface area (Å²) in [5.41, 5.74) is 8.82. The molecule has 0 saturated heterocycles. The first-order valence-electron chi connectivity index (χ1n) is 6.16. The molecule has 102 valence electrons. The molecule has 0 fully saturated rings. The Morgan fingerprint density at radius 2 is 2.00 bits per heavy atom. The number of nitrogen functional groups attached to an aromatic ring is 1. The summed E-state index contributed by atoms with van der Waals surface area (Å²) in [4.78, 5) is 4.47. The lowest BCUT2D eigenvalue weighted by Crippen LogP contribution is -1.96. The lowest BCUT2D eigenvalue weighted by atomic mass is 10.2. The monoisotopic (exact) mass is 271 g/mol. The molecule has 5 heteroatoms. The molecule has 2 N–H and O–H groups in total. The number of rotatable bonds is 2. The van der Waals surface area contributed by atoms with E-state index in [9.17, 15) is 4.39 Å². The summed E-state index contributed by atoms with van der Waals surface area (Å²) in [6, 6.07) is 10.0. The lowest BCUT2D eigenvalue weighted by molar-refractivity contribution is 0.417. The number of halogens is 1. The van der Waals surface area contributed by atoms with Crippen molar-refractivity contribution < 1.29 is 9.13 Å². The van der Waals surface area contributed by atoms with Gasteiger partial charge in [-0.05, 0) is 30.3 Å². The van der Waals surface area contributed by atoms with Gasteiger partial charge in [0.1, 0.15) is 17.4 Å². The van der Waals surface area contributed by atoms with Crippen LogP contribution < -0.4 is 10.5 Å². The van der Waals surface area contributed by atoms with Crippen LogP contribution in [0.1, 0.15) is 0 Å². The first-order chi connectivity index (χ1) is 9.60. The number of hydrogen-bond donors (Lipinski definition) is 1. The minimum Gasteiger partial charge on any atom is -0.495 e. The smallest absolute Gasteiger partial charge is 0.141 e. The standard InChI is InChI=1S/C15H14FN3O/c1-19-13-5-4-10(16)8-12(13)18-15(19)9-3-6-14(20-2)11(17)7-9/h3-8H,17H2,1-2H3. The molecule has 0 aliphatic rings. The van der Waals surface area contributed by atoms with E-state index in [1.54, 1.807) is 25.3 Å². The maximum absolute atomic E-state index is 13.3. The van der Waals surface area contributed by atoms with Gasteiger partial charge in [-0.1, -0.05) is 0 Å². The number of nitrogens with two attached hydrogens (primary N) is 1. The summed E-state index contributed by atoms with van der Waals surface area (Å²) in [7, 11) is 3.46. The third-order valence-electron chi connectivity index (χ3n) is 3.33. The molecule has 3 rings (SSSR count). The van der Waals surface area contributed by atoms with Gasteiger partial charge >= 0.3 is 0 Å². The second-order valence-corrected chi connectivity index (χ2v) is 4.58. The molecule has 4 nitrogen and oxygen atoms in total. The molecule has 0 bridgehead atoms. The summed E-state index contributed by atoms with van der Waals surface area (Å²) in [6.07, 6.45) is 0. The van der Waals surface area contributed by atoms with E-state index < -0.39 is 0 Å². The van der Waals surface area contributed by atoms with Crippen LogP contribution in [-0.2, 0) is 7.05 Å². The van der Waals surface area contributed by atoms with E-state index in [-0.39, 0.29) is 5.82 Å². The van der Waals surface area contributed by atoms with E-state index in [0.717, 1.165) is 16.9 Å². The van der Waals surface area contributed by atoms with Gasteiger partial charge in [0.05, 0.1) is 23.8 Å². The van der Waals surface area contributed by atoms with Gasteiger partial charge in [-0.25, -0.2) is 9.37 Å². The van der Waals surface area contributed by atoms with Crippen molar-refractivity contribution >= 4 is 16.7 Å². The van der Waals surface area contributed by atoms with Crippen LogP contribution in [0.4, 0.5) is 10.1 Å². The number of anilines is 1. The van der Waals surface area contributed by atoms with E-state index in [0.29, 0.717) is 17.0 Å². The number of hydrogen-bond acceptors (Lipinski definition) is 3. The number of imidazole rings is 1. The molecule has 1 aromatic heterocycles. The normalized spacial score (nSPS) is 10.9. The Hall–Kier alpha value is -2.56. The Morgan fingerprint density at radius 1 is 1.20 bits per heavy atom. The molecule has 0 saturated carbocycles. The highest BCUT2D eigenvalue weighted by Crippen LogP contribution is 2.29. The van der Waals surface area contributed by atoms with Crippen LogP contribution in [0.5, 0.6) is 5.75 Å². The van der Waals surface area contributed by atoms with E-state index in [2.05, 4.69) is 4.98 Å². The number of aryl methyl sites for hydroxylation is 1. The van der Waals surface area contributed by atoms with Gasteiger partial charge in [-0.3, -0.25) is 0 Å². The van der Waals surface area contributed by atoms with Crippen molar-refractivity contribution in [1.82, 2.24) is 9.55 Å². The Balaban J connectivity index is 2.19. The Morgan fingerprint density at radius 3 is 2.70 bits per heavy atom. The first kappa shape index (κ1) is 12.5. The van der Waals surface area contributed by atoms with Gasteiger partial charge in [0, 0.05) is 18.7 Å². The molecule has 0 aliphatic heterocycles. The number of benzene rings is 2. The summed E-state index contributed by atoms with van der Waals surface area (Å²) in [5, 5.41) is 0. The third kappa shape index (κ3) is 1.87. The van der Waals surface area contributed by atoms with E-state index in [4.69, 9.17) is 10.5 Å². The van der Waals surface area contributed by atoms with E-state index in [1.807, 2.05) is 17.7 Å². The minimum absolute atomic E-state index is 0.295. The molecular formula is C15H14FN3O. The van der Waals surface area contributed by atoms with Crippen LogP contribution >= 0.6 is 0 Å². The van der Waals surface area contributed by atoms with Gasteiger partial charge in [0.2, 0.25) is 0 Å². The summed E-state index contributed by atoms with van der Waals surface area (Å²) in [6.45, 7) is 0. The Kier molecular flexibility index (Phi) is 2.82. The molecule has 0 amide bonds. The quantitative estimate of drug-likeness (QED) is 0.729. The van der Waals surface area contributed by atoms with E-state index >= 15 is 0 Å². The first-order valence-corrected chi connectivity index (χ1v) is 6.16. The minimum atomic E-state index is -0.295. The highest BCUT2D eigenvalue weighted by molar-refractivity contribution is 5.81. The predicted molar refractivity (Wildman–Crippen MR) is 77.1 cm³/mol. The number of fused-ring (bicyclic) bond motifs is 1. The highest BCUT2D eigenvalue weighted by atomic mass is 19.1. The average molecular weight is 271 g/mol. The van der Waals surface area contributed by atoms with Crippen molar-refractivity contribution in [2.24, 2.45) is 7.05 Å². The average Bonchev–Trinajstić information content (AvgIpc) is 2.75. The maximum atomic E-state index is 13.3. The molecule has 0 atom stereocenters. The van der Waals surface area contributed by atoms with Crippen LogP contribution in [0.2, 0.25) is 0 Å². The fourth-order valence-corrected chi connectivity index (χ4v) is 2.30. The molecule has 0 aliphatic carbocycles. The molecule has 0 unspecified atom stereocenters. The number of aromatic nitrogens is 2. The van der Waals surface area contributed by atoms with Crippen LogP contribution in [0, 0.1) is 5.82 Å². The van der Waals surface area contributed by atoms with Gasteiger partial charge in [0.25, 0.3) is 0 Å². The van der Waals surface area contributed by atoms with Crippen molar-refractivity contribution in [1.29, 1.82) is 0 Å². The lowest BCUT2D eigenvalue weighted by Gasteiger charge is -2.07. The summed E-state index contributed by atoms with van der Waals surface area (Å²) < 4.78 is 20.3. The molecule has 20 heavy (non-hydrogen) atoms. The summed E-state index contributed by atoms with van der Waals surface area (Å²) in [5.74, 6) is 1.06. The van der Waals surface area contributed by atoms with Crippen molar-refractivity contribution in [3.63, 3.8) is 0 Å².